The van der Waals surface area contributed by atoms with Crippen LogP contribution in [0.1, 0.15) is 12.6 Å². The van der Waals surface area contributed by atoms with Gasteiger partial charge in [0.05, 0.1) is 12.2 Å². The van der Waals surface area contributed by atoms with Gasteiger partial charge in [0.15, 0.2) is 0 Å². The Bertz CT molecular complexity index is 459. The summed E-state index contributed by atoms with van der Waals surface area (Å²) in [6, 6.07) is 1.88. The molecule has 0 saturated carbocycles. The molecule has 5 heteroatoms. The van der Waals surface area contributed by atoms with E-state index in [0.29, 0.717) is 0 Å². The van der Waals surface area contributed by atoms with Crippen molar-refractivity contribution in [3.8, 4) is 0 Å². The van der Waals surface area contributed by atoms with Gasteiger partial charge in [0.1, 0.15) is 5.82 Å². The molecule has 1 aromatic rings. The lowest BCUT2D eigenvalue weighted by Gasteiger charge is -2.29. The SMILES string of the molecule is CC1=CCn2nc(C)cc2N1C(=O)N(C)C. The Morgan fingerprint density at radius 2 is 2.12 bits per heavy atom. The molecule has 86 valence electrons. The first kappa shape index (κ1) is 10.7. The van der Waals surface area contributed by atoms with Gasteiger partial charge >= 0.3 is 6.03 Å². The first-order valence-corrected chi connectivity index (χ1v) is 5.23. The van der Waals surface area contributed by atoms with Crippen LogP contribution in [0.2, 0.25) is 0 Å². The largest absolute Gasteiger partial charge is 0.330 e. The molecule has 1 aliphatic rings. The van der Waals surface area contributed by atoms with Gasteiger partial charge < -0.3 is 4.90 Å². The fourth-order valence-electron chi connectivity index (χ4n) is 1.79. The fraction of sp³-hybridized carbons (Fsp3) is 0.455. The summed E-state index contributed by atoms with van der Waals surface area (Å²) in [6.45, 7) is 4.60. The number of hydrogen-bond donors (Lipinski definition) is 0. The number of nitrogens with zero attached hydrogens (tertiary/aromatic N) is 4. The smallest absolute Gasteiger partial charge is 0.329 e. The average molecular weight is 220 g/mol. The summed E-state index contributed by atoms with van der Waals surface area (Å²) in [6.07, 6.45) is 2.00. The minimum absolute atomic E-state index is 0.0467. The fourth-order valence-corrected chi connectivity index (χ4v) is 1.79. The van der Waals surface area contributed by atoms with Crippen molar-refractivity contribution in [2.75, 3.05) is 19.0 Å². The Hall–Kier alpha value is -1.78. The predicted octanol–water partition coefficient (Wildman–Crippen LogP) is 1.60. The van der Waals surface area contributed by atoms with Crippen molar-refractivity contribution in [3.05, 3.63) is 23.5 Å². The highest BCUT2D eigenvalue weighted by molar-refractivity contribution is 5.94. The van der Waals surface area contributed by atoms with Crippen LogP contribution in [0.3, 0.4) is 0 Å². The van der Waals surface area contributed by atoms with E-state index >= 15 is 0 Å². The lowest BCUT2D eigenvalue weighted by molar-refractivity contribution is 0.225. The Labute approximate surface area is 94.9 Å². The third-order valence-corrected chi connectivity index (χ3v) is 2.60. The van der Waals surface area contributed by atoms with E-state index in [0.717, 1.165) is 23.8 Å². The van der Waals surface area contributed by atoms with E-state index in [1.54, 1.807) is 23.9 Å². The van der Waals surface area contributed by atoms with Gasteiger partial charge in [-0.15, -0.1) is 0 Å². The van der Waals surface area contributed by atoms with E-state index < -0.39 is 0 Å². The quantitative estimate of drug-likeness (QED) is 0.666. The predicted molar refractivity (Wildman–Crippen MR) is 62.3 cm³/mol. The van der Waals surface area contributed by atoms with Gasteiger partial charge in [-0.1, -0.05) is 0 Å². The molecular formula is C11H16N4O. The summed E-state index contributed by atoms with van der Waals surface area (Å²) in [4.78, 5) is 15.3. The molecule has 1 aromatic heterocycles. The van der Waals surface area contributed by atoms with Crippen LogP contribution in [0, 0.1) is 6.92 Å². The summed E-state index contributed by atoms with van der Waals surface area (Å²) in [5.74, 6) is 0.844. The first-order valence-electron chi connectivity index (χ1n) is 5.23. The summed E-state index contributed by atoms with van der Waals surface area (Å²) >= 11 is 0. The third kappa shape index (κ3) is 1.58. The van der Waals surface area contributed by atoms with Gasteiger partial charge in [-0.25, -0.2) is 9.48 Å². The lowest BCUT2D eigenvalue weighted by atomic mass is 10.3. The molecule has 0 N–H and O–H groups in total. The second-order valence-electron chi connectivity index (χ2n) is 4.18. The van der Waals surface area contributed by atoms with Gasteiger partial charge in [-0.3, -0.25) is 4.90 Å². The number of carbonyl (C=O) groups is 1. The van der Waals surface area contributed by atoms with Crippen molar-refractivity contribution >= 4 is 11.8 Å². The number of carbonyl (C=O) groups excluding carboxylic acids is 1. The molecule has 16 heavy (non-hydrogen) atoms. The molecule has 0 aliphatic carbocycles. The van der Waals surface area contributed by atoms with Crippen LogP contribution >= 0.6 is 0 Å². The number of hydrogen-bond acceptors (Lipinski definition) is 2. The summed E-state index contributed by atoms with van der Waals surface area (Å²) in [7, 11) is 3.50. The number of anilines is 1. The summed E-state index contributed by atoms with van der Waals surface area (Å²) < 4.78 is 1.84. The van der Waals surface area contributed by atoms with Crippen molar-refractivity contribution in [2.45, 2.75) is 20.4 Å². The number of fused-ring (bicyclic) bond motifs is 1. The average Bonchev–Trinajstić information content (AvgIpc) is 2.57. The Kier molecular flexibility index (Phi) is 2.46. The maximum absolute atomic E-state index is 12.1. The second kappa shape index (κ2) is 3.66. The van der Waals surface area contributed by atoms with Crippen molar-refractivity contribution in [1.29, 1.82) is 0 Å². The maximum atomic E-state index is 12.1. The highest BCUT2D eigenvalue weighted by atomic mass is 16.2. The minimum atomic E-state index is -0.0467. The zero-order chi connectivity index (χ0) is 11.9. The van der Waals surface area contributed by atoms with Crippen LogP contribution < -0.4 is 4.90 Å². The van der Waals surface area contributed by atoms with Crippen molar-refractivity contribution < 1.29 is 4.79 Å². The van der Waals surface area contributed by atoms with Crippen LogP contribution in [0.25, 0.3) is 0 Å². The molecule has 0 unspecified atom stereocenters. The molecule has 0 radical (unpaired) electrons. The van der Waals surface area contributed by atoms with E-state index in [9.17, 15) is 4.79 Å². The number of amides is 2. The highest BCUT2D eigenvalue weighted by Crippen LogP contribution is 2.25. The van der Waals surface area contributed by atoms with E-state index in [4.69, 9.17) is 0 Å². The standard InChI is InChI=1S/C11H16N4O/c1-8-7-10-14(12-8)6-5-9(2)15(10)11(16)13(3)4/h5,7H,6H2,1-4H3. The number of aromatic nitrogens is 2. The van der Waals surface area contributed by atoms with Gasteiger partial charge in [-0.2, -0.15) is 5.10 Å². The highest BCUT2D eigenvalue weighted by Gasteiger charge is 2.25. The number of rotatable bonds is 0. The van der Waals surface area contributed by atoms with E-state index in [1.807, 2.05) is 30.7 Å². The topological polar surface area (TPSA) is 41.4 Å². The van der Waals surface area contributed by atoms with Crippen molar-refractivity contribution in [2.24, 2.45) is 0 Å². The van der Waals surface area contributed by atoms with Crippen LogP contribution in [0.5, 0.6) is 0 Å². The molecule has 0 bridgehead atoms. The number of urea groups is 1. The third-order valence-electron chi connectivity index (χ3n) is 2.60. The summed E-state index contributed by atoms with van der Waals surface area (Å²) in [5, 5.41) is 4.34. The number of allylic oxidation sites excluding steroid dienone is 2. The van der Waals surface area contributed by atoms with Crippen molar-refractivity contribution in [1.82, 2.24) is 14.7 Å². The molecule has 2 heterocycles. The van der Waals surface area contributed by atoms with Gasteiger partial charge in [0.2, 0.25) is 0 Å². The van der Waals surface area contributed by atoms with Crippen LogP contribution in [0.15, 0.2) is 17.8 Å². The van der Waals surface area contributed by atoms with E-state index in [2.05, 4.69) is 5.10 Å². The van der Waals surface area contributed by atoms with Crippen LogP contribution in [-0.4, -0.2) is 34.8 Å². The lowest BCUT2D eigenvalue weighted by Crippen LogP contribution is -2.40. The molecule has 0 fully saturated rings. The van der Waals surface area contributed by atoms with Gasteiger partial charge in [0, 0.05) is 25.9 Å². The molecule has 2 rings (SSSR count). The Morgan fingerprint density at radius 3 is 2.75 bits per heavy atom. The molecule has 0 spiro atoms. The molecule has 1 aliphatic heterocycles. The normalized spacial score (nSPS) is 14.5. The Morgan fingerprint density at radius 1 is 1.44 bits per heavy atom. The zero-order valence-corrected chi connectivity index (χ0v) is 10.1. The van der Waals surface area contributed by atoms with Crippen LogP contribution in [-0.2, 0) is 6.54 Å². The second-order valence-corrected chi connectivity index (χ2v) is 4.18. The molecule has 0 aromatic carbocycles. The van der Waals surface area contributed by atoms with Crippen molar-refractivity contribution in [3.63, 3.8) is 0 Å². The maximum Gasteiger partial charge on any atom is 0.329 e. The van der Waals surface area contributed by atoms with E-state index in [-0.39, 0.29) is 6.03 Å². The van der Waals surface area contributed by atoms with Gasteiger partial charge in [0.25, 0.3) is 0 Å². The molecule has 2 amide bonds. The number of aryl methyl sites for hydroxylation is 1. The zero-order valence-electron chi connectivity index (χ0n) is 10.1. The van der Waals surface area contributed by atoms with Gasteiger partial charge in [-0.05, 0) is 19.9 Å². The minimum Gasteiger partial charge on any atom is -0.330 e. The summed E-state index contributed by atoms with van der Waals surface area (Å²) in [5.41, 5.74) is 1.88. The first-order chi connectivity index (χ1) is 7.50. The van der Waals surface area contributed by atoms with E-state index in [1.165, 1.54) is 0 Å². The molecule has 0 atom stereocenters. The monoisotopic (exact) mass is 220 g/mol. The molecular weight excluding hydrogens is 204 g/mol. The Balaban J connectivity index is 2.45. The molecule has 0 saturated heterocycles. The van der Waals surface area contributed by atoms with Crippen LogP contribution in [0.4, 0.5) is 10.6 Å². The molecule has 5 nitrogen and oxygen atoms in total.